The van der Waals surface area contributed by atoms with Crippen LogP contribution < -0.4 is 0 Å². The van der Waals surface area contributed by atoms with Crippen molar-refractivity contribution in [3.63, 3.8) is 0 Å². The largest absolute Gasteiger partial charge is 0.328 e. The molecule has 0 fully saturated rings. The van der Waals surface area contributed by atoms with E-state index in [1.165, 1.54) is 0 Å². The highest BCUT2D eigenvalue weighted by Gasteiger charge is 2.23. The van der Waals surface area contributed by atoms with Crippen LogP contribution >= 0.6 is 12.2 Å². The van der Waals surface area contributed by atoms with Gasteiger partial charge in [-0.2, -0.15) is 5.10 Å². The summed E-state index contributed by atoms with van der Waals surface area (Å²) in [5.41, 5.74) is 3.34. The molecule has 0 saturated carbocycles. The molecule has 0 radical (unpaired) electrons. The molecule has 2 aromatic heterocycles. The molecule has 0 spiro atoms. The van der Waals surface area contributed by atoms with E-state index in [0.717, 1.165) is 41.3 Å². The number of aryl methyl sites for hydroxylation is 2. The molecule has 0 amide bonds. The van der Waals surface area contributed by atoms with Gasteiger partial charge in [0.1, 0.15) is 5.52 Å². The predicted octanol–water partition coefficient (Wildman–Crippen LogP) is 2.81. The van der Waals surface area contributed by atoms with Crippen LogP contribution in [0, 0.1) is 17.1 Å². The second-order valence-corrected chi connectivity index (χ2v) is 6.90. The first-order valence-electron chi connectivity index (χ1n) is 7.06. The quantitative estimate of drug-likeness (QED) is 0.863. The summed E-state index contributed by atoms with van der Waals surface area (Å²) >= 11 is 5.51. The van der Waals surface area contributed by atoms with E-state index in [-0.39, 0.29) is 5.41 Å². The van der Waals surface area contributed by atoms with E-state index in [9.17, 15) is 0 Å². The summed E-state index contributed by atoms with van der Waals surface area (Å²) in [6.07, 6.45) is 0. The lowest BCUT2D eigenvalue weighted by atomic mass is 9.93. The van der Waals surface area contributed by atoms with Gasteiger partial charge in [-0.15, -0.1) is 0 Å². The number of imidazole rings is 1. The van der Waals surface area contributed by atoms with Gasteiger partial charge in [-0.1, -0.05) is 13.8 Å². The SMILES string of the molecule is CCn1nc(C)c2[nH]c(=S)n(CC(C)(C)CN(C)C)c21. The minimum atomic E-state index is 0.146. The monoisotopic (exact) mass is 295 g/mol. The van der Waals surface area contributed by atoms with Crippen molar-refractivity contribution in [2.24, 2.45) is 5.41 Å². The van der Waals surface area contributed by atoms with Crippen molar-refractivity contribution in [2.75, 3.05) is 20.6 Å². The Morgan fingerprint density at radius 3 is 2.55 bits per heavy atom. The van der Waals surface area contributed by atoms with Crippen molar-refractivity contribution in [1.82, 2.24) is 24.2 Å². The first-order valence-corrected chi connectivity index (χ1v) is 7.46. The van der Waals surface area contributed by atoms with Crippen molar-refractivity contribution in [3.8, 4) is 0 Å². The standard InChI is InChI=1S/C14H25N5S/c1-7-19-12-11(10(2)16-19)15-13(20)18(12)9-14(3,4)8-17(5)6/h7-9H2,1-6H3,(H,15,20). The Bertz CT molecular complexity index is 659. The Morgan fingerprint density at radius 2 is 2.00 bits per heavy atom. The van der Waals surface area contributed by atoms with Gasteiger partial charge in [-0.3, -0.25) is 0 Å². The van der Waals surface area contributed by atoms with Crippen LogP contribution in [0.15, 0.2) is 0 Å². The Labute approximate surface area is 125 Å². The van der Waals surface area contributed by atoms with E-state index in [1.54, 1.807) is 0 Å². The van der Waals surface area contributed by atoms with Crippen molar-refractivity contribution >= 4 is 23.4 Å². The fourth-order valence-electron chi connectivity index (χ4n) is 2.96. The zero-order valence-corrected chi connectivity index (χ0v) is 14.1. The van der Waals surface area contributed by atoms with Crippen LogP contribution in [-0.4, -0.2) is 44.9 Å². The first kappa shape index (κ1) is 15.3. The summed E-state index contributed by atoms with van der Waals surface area (Å²) in [5, 5.41) is 4.57. The van der Waals surface area contributed by atoms with E-state index in [0.29, 0.717) is 0 Å². The van der Waals surface area contributed by atoms with Crippen LogP contribution in [0.25, 0.3) is 11.2 Å². The molecule has 0 saturated heterocycles. The molecule has 0 atom stereocenters. The average Bonchev–Trinajstić information content (AvgIpc) is 2.77. The number of aromatic nitrogens is 4. The summed E-state index contributed by atoms with van der Waals surface area (Å²) in [7, 11) is 4.21. The van der Waals surface area contributed by atoms with E-state index >= 15 is 0 Å². The summed E-state index contributed by atoms with van der Waals surface area (Å²) in [5.74, 6) is 0. The molecule has 1 N–H and O–H groups in total. The lowest BCUT2D eigenvalue weighted by molar-refractivity contribution is 0.212. The summed E-state index contributed by atoms with van der Waals surface area (Å²) in [6.45, 7) is 11.4. The second-order valence-electron chi connectivity index (χ2n) is 6.52. The lowest BCUT2D eigenvalue weighted by Gasteiger charge is -2.28. The number of fused-ring (bicyclic) bond motifs is 1. The summed E-state index contributed by atoms with van der Waals surface area (Å²) < 4.78 is 5.01. The molecule has 5 nitrogen and oxygen atoms in total. The minimum Gasteiger partial charge on any atom is -0.328 e. The van der Waals surface area contributed by atoms with Gasteiger partial charge in [0.2, 0.25) is 0 Å². The van der Waals surface area contributed by atoms with Crippen molar-refractivity contribution in [3.05, 3.63) is 10.5 Å². The predicted molar refractivity (Wildman–Crippen MR) is 85.7 cm³/mol. The highest BCUT2D eigenvalue weighted by molar-refractivity contribution is 7.71. The van der Waals surface area contributed by atoms with Crippen LogP contribution in [0.5, 0.6) is 0 Å². The second kappa shape index (κ2) is 5.33. The molecule has 20 heavy (non-hydrogen) atoms. The van der Waals surface area contributed by atoms with Gasteiger partial charge in [0.25, 0.3) is 0 Å². The maximum absolute atomic E-state index is 5.51. The molecular weight excluding hydrogens is 270 g/mol. The molecule has 0 aliphatic carbocycles. The van der Waals surface area contributed by atoms with Gasteiger partial charge in [0, 0.05) is 19.6 Å². The maximum Gasteiger partial charge on any atom is 0.179 e. The van der Waals surface area contributed by atoms with Gasteiger partial charge < -0.3 is 14.5 Å². The van der Waals surface area contributed by atoms with E-state index < -0.39 is 0 Å². The molecule has 0 unspecified atom stereocenters. The number of hydrogen-bond donors (Lipinski definition) is 1. The number of rotatable bonds is 5. The van der Waals surface area contributed by atoms with Gasteiger partial charge in [0.05, 0.1) is 5.69 Å². The highest BCUT2D eigenvalue weighted by Crippen LogP contribution is 2.24. The van der Waals surface area contributed by atoms with Crippen LogP contribution in [0.1, 0.15) is 26.5 Å². The molecule has 2 aromatic rings. The lowest BCUT2D eigenvalue weighted by Crippen LogP contribution is -2.32. The molecule has 2 heterocycles. The number of nitrogens with zero attached hydrogens (tertiary/aromatic N) is 4. The molecule has 0 aliphatic heterocycles. The maximum atomic E-state index is 5.51. The van der Waals surface area contributed by atoms with Crippen LogP contribution in [-0.2, 0) is 13.1 Å². The van der Waals surface area contributed by atoms with Crippen molar-refractivity contribution in [2.45, 2.75) is 40.8 Å². The summed E-state index contributed by atoms with van der Waals surface area (Å²) in [6, 6.07) is 0. The van der Waals surface area contributed by atoms with Gasteiger partial charge in [-0.05, 0) is 45.6 Å². The number of H-pyrrole nitrogens is 1. The van der Waals surface area contributed by atoms with Crippen molar-refractivity contribution < 1.29 is 0 Å². The highest BCUT2D eigenvalue weighted by atomic mass is 32.1. The Morgan fingerprint density at radius 1 is 1.35 bits per heavy atom. The van der Waals surface area contributed by atoms with E-state index in [4.69, 9.17) is 12.2 Å². The topological polar surface area (TPSA) is 41.8 Å². The first-order chi connectivity index (χ1) is 9.25. The molecule has 0 aromatic carbocycles. The zero-order valence-electron chi connectivity index (χ0n) is 13.3. The molecule has 6 heteroatoms. The number of nitrogens with one attached hydrogen (secondary N) is 1. The Hall–Kier alpha value is -1.14. The molecule has 0 aliphatic rings. The minimum absolute atomic E-state index is 0.146. The zero-order chi connectivity index (χ0) is 15.1. The molecular formula is C14H25N5S. The Kier molecular flexibility index (Phi) is 4.07. The third-order valence-electron chi connectivity index (χ3n) is 3.46. The third kappa shape index (κ3) is 2.81. The van der Waals surface area contributed by atoms with Gasteiger partial charge >= 0.3 is 0 Å². The smallest absolute Gasteiger partial charge is 0.179 e. The number of hydrogen-bond acceptors (Lipinski definition) is 3. The normalized spacial score (nSPS) is 12.8. The Balaban J connectivity index is 2.49. The van der Waals surface area contributed by atoms with Crippen LogP contribution in [0.2, 0.25) is 0 Å². The summed E-state index contributed by atoms with van der Waals surface area (Å²) in [4.78, 5) is 5.52. The van der Waals surface area contributed by atoms with Gasteiger partial charge in [-0.25, -0.2) is 4.68 Å². The fourth-order valence-corrected chi connectivity index (χ4v) is 3.21. The van der Waals surface area contributed by atoms with Crippen molar-refractivity contribution in [1.29, 1.82) is 0 Å². The average molecular weight is 295 g/mol. The third-order valence-corrected chi connectivity index (χ3v) is 3.79. The van der Waals surface area contributed by atoms with E-state index in [1.807, 2.05) is 11.6 Å². The fraction of sp³-hybridized carbons (Fsp3) is 0.714. The van der Waals surface area contributed by atoms with Crippen LogP contribution in [0.3, 0.4) is 0 Å². The number of aromatic amines is 1. The van der Waals surface area contributed by atoms with Gasteiger partial charge in [0.15, 0.2) is 10.4 Å². The van der Waals surface area contributed by atoms with Crippen LogP contribution in [0.4, 0.5) is 0 Å². The molecule has 0 bridgehead atoms. The molecule has 112 valence electrons. The molecule has 2 rings (SSSR count). The van der Waals surface area contributed by atoms with E-state index in [2.05, 4.69) is 54.4 Å².